The lowest BCUT2D eigenvalue weighted by molar-refractivity contribution is 1.10. The number of halogens is 1. The number of aromatic nitrogens is 2. The van der Waals surface area contributed by atoms with E-state index in [4.69, 9.17) is 16.9 Å². The van der Waals surface area contributed by atoms with Crippen LogP contribution in [0.4, 0.5) is 17.5 Å². The highest BCUT2D eigenvalue weighted by Gasteiger charge is 2.05. The molecular weight excluding hydrogens is 262 g/mol. The zero-order valence-corrected chi connectivity index (χ0v) is 11.3. The van der Waals surface area contributed by atoms with Gasteiger partial charge in [-0.15, -0.1) is 0 Å². The summed E-state index contributed by atoms with van der Waals surface area (Å²) in [4.78, 5) is 8.47. The summed E-state index contributed by atoms with van der Waals surface area (Å²) >= 11 is 6.09. The predicted molar refractivity (Wildman–Crippen MR) is 75.8 cm³/mol. The highest BCUT2D eigenvalue weighted by Crippen LogP contribution is 2.26. The van der Waals surface area contributed by atoms with Gasteiger partial charge in [-0.05, 0) is 25.1 Å². The SMILES string of the molecule is CNc1nc(C)cc(Nc2cc(C#N)ccc2Cl)n1. The Morgan fingerprint density at radius 2 is 2.05 bits per heavy atom. The van der Waals surface area contributed by atoms with Crippen molar-refractivity contribution >= 4 is 29.1 Å². The Bertz CT molecular complexity index is 648. The molecule has 96 valence electrons. The van der Waals surface area contributed by atoms with Crippen molar-refractivity contribution in [3.05, 3.63) is 40.5 Å². The number of nitriles is 1. The summed E-state index contributed by atoms with van der Waals surface area (Å²) in [5, 5.41) is 15.4. The minimum atomic E-state index is 0.523. The summed E-state index contributed by atoms with van der Waals surface area (Å²) in [7, 11) is 1.75. The monoisotopic (exact) mass is 273 g/mol. The Kier molecular flexibility index (Phi) is 3.83. The molecule has 0 aliphatic carbocycles. The summed E-state index contributed by atoms with van der Waals surface area (Å²) in [6, 6.07) is 8.89. The third-order valence-corrected chi connectivity index (χ3v) is 2.77. The van der Waals surface area contributed by atoms with Gasteiger partial charge < -0.3 is 10.6 Å². The maximum Gasteiger partial charge on any atom is 0.224 e. The van der Waals surface area contributed by atoms with E-state index in [0.29, 0.717) is 28.0 Å². The fourth-order valence-corrected chi connectivity index (χ4v) is 1.74. The van der Waals surface area contributed by atoms with Crippen LogP contribution in [0.3, 0.4) is 0 Å². The van der Waals surface area contributed by atoms with E-state index in [9.17, 15) is 0 Å². The quantitative estimate of drug-likeness (QED) is 0.899. The number of hydrogen-bond donors (Lipinski definition) is 2. The van der Waals surface area contributed by atoms with Crippen molar-refractivity contribution in [1.82, 2.24) is 9.97 Å². The van der Waals surface area contributed by atoms with Gasteiger partial charge in [-0.25, -0.2) is 4.98 Å². The van der Waals surface area contributed by atoms with Crippen molar-refractivity contribution in [2.24, 2.45) is 0 Å². The highest BCUT2D eigenvalue weighted by atomic mass is 35.5. The number of rotatable bonds is 3. The van der Waals surface area contributed by atoms with Gasteiger partial charge in [0.1, 0.15) is 5.82 Å². The largest absolute Gasteiger partial charge is 0.357 e. The molecule has 0 atom stereocenters. The van der Waals surface area contributed by atoms with E-state index in [-0.39, 0.29) is 0 Å². The van der Waals surface area contributed by atoms with Crippen molar-refractivity contribution in [3.63, 3.8) is 0 Å². The number of aryl methyl sites for hydroxylation is 1. The van der Waals surface area contributed by atoms with Gasteiger partial charge in [0.05, 0.1) is 22.3 Å². The smallest absolute Gasteiger partial charge is 0.224 e. The zero-order valence-electron chi connectivity index (χ0n) is 10.5. The van der Waals surface area contributed by atoms with E-state index < -0.39 is 0 Å². The minimum Gasteiger partial charge on any atom is -0.357 e. The maximum atomic E-state index is 8.89. The van der Waals surface area contributed by atoms with Crippen LogP contribution in [0.25, 0.3) is 0 Å². The summed E-state index contributed by atoms with van der Waals surface area (Å²) in [5.41, 5.74) is 2.00. The Morgan fingerprint density at radius 3 is 2.74 bits per heavy atom. The van der Waals surface area contributed by atoms with Gasteiger partial charge >= 0.3 is 0 Å². The van der Waals surface area contributed by atoms with E-state index >= 15 is 0 Å². The molecule has 0 radical (unpaired) electrons. The van der Waals surface area contributed by atoms with Gasteiger partial charge in [-0.1, -0.05) is 11.6 Å². The molecule has 1 aromatic carbocycles. The van der Waals surface area contributed by atoms with Gasteiger partial charge in [0.2, 0.25) is 5.95 Å². The fourth-order valence-electron chi connectivity index (χ4n) is 1.57. The number of nitrogens with zero attached hydrogens (tertiary/aromatic N) is 3. The molecule has 0 amide bonds. The third kappa shape index (κ3) is 3.12. The molecular formula is C13H12ClN5. The van der Waals surface area contributed by atoms with E-state index in [1.807, 2.05) is 6.92 Å². The molecule has 2 N–H and O–H groups in total. The van der Waals surface area contributed by atoms with Crippen LogP contribution < -0.4 is 10.6 Å². The van der Waals surface area contributed by atoms with Gasteiger partial charge in [-0.3, -0.25) is 0 Å². The predicted octanol–water partition coefficient (Wildman–Crippen LogP) is 3.10. The summed E-state index contributed by atoms with van der Waals surface area (Å²) in [5.74, 6) is 1.14. The first-order valence-corrected chi connectivity index (χ1v) is 6.00. The lowest BCUT2D eigenvalue weighted by Gasteiger charge is -2.09. The van der Waals surface area contributed by atoms with Crippen LogP contribution in [0.15, 0.2) is 24.3 Å². The second kappa shape index (κ2) is 5.55. The van der Waals surface area contributed by atoms with E-state index in [1.165, 1.54) is 0 Å². The van der Waals surface area contributed by atoms with Crippen LogP contribution in [0.1, 0.15) is 11.3 Å². The Hall–Kier alpha value is -2.32. The maximum absolute atomic E-state index is 8.89. The average Bonchev–Trinajstić information content (AvgIpc) is 2.40. The normalized spacial score (nSPS) is 9.79. The molecule has 0 spiro atoms. The van der Waals surface area contributed by atoms with Crippen LogP contribution in [0.5, 0.6) is 0 Å². The minimum absolute atomic E-state index is 0.523. The Morgan fingerprint density at radius 1 is 1.26 bits per heavy atom. The standard InChI is InChI=1S/C13H12ClN5/c1-8-5-12(19-13(16-2)17-8)18-11-6-9(7-15)3-4-10(11)14/h3-6H,1-2H3,(H2,16,17,18,19). The van der Waals surface area contributed by atoms with E-state index in [0.717, 1.165) is 5.69 Å². The van der Waals surface area contributed by atoms with Crippen LogP contribution in [0.2, 0.25) is 5.02 Å². The Balaban J connectivity index is 2.36. The van der Waals surface area contributed by atoms with Crippen LogP contribution in [-0.4, -0.2) is 17.0 Å². The first-order chi connectivity index (χ1) is 9.12. The van der Waals surface area contributed by atoms with Crippen LogP contribution in [0, 0.1) is 18.3 Å². The van der Waals surface area contributed by atoms with Crippen molar-refractivity contribution in [2.45, 2.75) is 6.92 Å². The van der Waals surface area contributed by atoms with Gasteiger partial charge in [0, 0.05) is 18.8 Å². The number of anilines is 3. The molecule has 1 heterocycles. The number of hydrogen-bond acceptors (Lipinski definition) is 5. The molecule has 0 fully saturated rings. The van der Waals surface area contributed by atoms with Crippen LogP contribution in [-0.2, 0) is 0 Å². The number of benzene rings is 1. The molecule has 2 rings (SSSR count). The second-order valence-electron chi connectivity index (χ2n) is 3.90. The molecule has 0 aliphatic heterocycles. The summed E-state index contributed by atoms with van der Waals surface area (Å²) in [6.45, 7) is 1.88. The molecule has 0 unspecified atom stereocenters. The van der Waals surface area contributed by atoms with Gasteiger partial charge in [0.25, 0.3) is 0 Å². The van der Waals surface area contributed by atoms with Gasteiger partial charge in [-0.2, -0.15) is 10.2 Å². The van der Waals surface area contributed by atoms with Crippen molar-refractivity contribution < 1.29 is 0 Å². The summed E-state index contributed by atoms with van der Waals surface area (Å²) in [6.07, 6.45) is 0. The van der Waals surface area contributed by atoms with E-state index in [1.54, 1.807) is 31.3 Å². The lowest BCUT2D eigenvalue weighted by Crippen LogP contribution is -2.02. The molecule has 19 heavy (non-hydrogen) atoms. The Labute approximate surface area is 116 Å². The molecule has 0 saturated carbocycles. The number of nitrogens with one attached hydrogen (secondary N) is 2. The van der Waals surface area contributed by atoms with Gasteiger partial charge in [0.15, 0.2) is 0 Å². The third-order valence-electron chi connectivity index (χ3n) is 2.44. The topological polar surface area (TPSA) is 73.6 Å². The van der Waals surface area contributed by atoms with Crippen molar-refractivity contribution in [1.29, 1.82) is 5.26 Å². The first-order valence-electron chi connectivity index (χ1n) is 5.62. The molecule has 1 aromatic heterocycles. The fraction of sp³-hybridized carbons (Fsp3) is 0.154. The van der Waals surface area contributed by atoms with Crippen molar-refractivity contribution in [3.8, 4) is 6.07 Å². The molecule has 6 heteroatoms. The van der Waals surface area contributed by atoms with Crippen LogP contribution >= 0.6 is 11.6 Å². The zero-order chi connectivity index (χ0) is 13.8. The molecule has 5 nitrogen and oxygen atoms in total. The highest BCUT2D eigenvalue weighted by molar-refractivity contribution is 6.33. The van der Waals surface area contributed by atoms with E-state index in [2.05, 4.69) is 26.7 Å². The average molecular weight is 274 g/mol. The molecule has 0 saturated heterocycles. The lowest BCUT2D eigenvalue weighted by atomic mass is 10.2. The molecule has 2 aromatic rings. The second-order valence-corrected chi connectivity index (χ2v) is 4.31. The molecule has 0 bridgehead atoms. The molecule has 0 aliphatic rings. The summed E-state index contributed by atoms with van der Waals surface area (Å²) < 4.78 is 0. The van der Waals surface area contributed by atoms with Crippen molar-refractivity contribution in [2.75, 3.05) is 17.7 Å². The first kappa shape index (κ1) is 13.1.